The van der Waals surface area contributed by atoms with E-state index in [0.717, 1.165) is 6.42 Å². The van der Waals surface area contributed by atoms with Crippen LogP contribution in [0.3, 0.4) is 0 Å². The second-order valence-corrected chi connectivity index (χ2v) is 12.2. The molecular weight excluding hydrogens is 651 g/mol. The molecule has 0 bridgehead atoms. The summed E-state index contributed by atoms with van der Waals surface area (Å²) in [7, 11) is 3.02. The molecular formula is C33H33Cl2F2N7O3. The number of aromatic nitrogens is 4. The summed E-state index contributed by atoms with van der Waals surface area (Å²) in [5, 5.41) is 10.2. The summed E-state index contributed by atoms with van der Waals surface area (Å²) in [6.07, 6.45) is 2.67. The van der Waals surface area contributed by atoms with E-state index in [4.69, 9.17) is 37.7 Å². The Morgan fingerprint density at radius 1 is 0.894 bits per heavy atom. The Balaban J connectivity index is 1.22. The molecule has 1 aliphatic heterocycles. The van der Waals surface area contributed by atoms with Crippen LogP contribution in [0.4, 0.5) is 8.78 Å². The number of ether oxygens (including phenoxy) is 2. The number of rotatable bonds is 13. The molecule has 2 aromatic carbocycles. The van der Waals surface area contributed by atoms with E-state index in [1.165, 1.54) is 14.2 Å². The number of nitrogens with one attached hydrogen (secondary N) is 3. The molecule has 6 rings (SSSR count). The van der Waals surface area contributed by atoms with Gasteiger partial charge in [0, 0.05) is 66.3 Å². The van der Waals surface area contributed by atoms with E-state index in [1.807, 2.05) is 36.4 Å². The summed E-state index contributed by atoms with van der Waals surface area (Å²) in [6, 6.07) is 11.0. The molecule has 1 amide bonds. The Morgan fingerprint density at radius 3 is 1.94 bits per heavy atom. The maximum Gasteiger partial charge on any atom is 0.242 e. The molecule has 4 aromatic rings. The predicted molar refractivity (Wildman–Crippen MR) is 175 cm³/mol. The van der Waals surface area contributed by atoms with E-state index in [2.05, 4.69) is 30.9 Å². The smallest absolute Gasteiger partial charge is 0.242 e. The largest absolute Gasteiger partial charge is 0.480 e. The third-order valence-corrected chi connectivity index (χ3v) is 9.13. The Kier molecular flexibility index (Phi) is 10.1. The molecule has 0 unspecified atom stereocenters. The zero-order valence-electron chi connectivity index (χ0n) is 25.7. The summed E-state index contributed by atoms with van der Waals surface area (Å²) in [4.78, 5) is 29.9. The molecule has 1 saturated heterocycles. The predicted octanol–water partition coefficient (Wildman–Crippen LogP) is 5.70. The first-order valence-corrected chi connectivity index (χ1v) is 15.9. The topological polar surface area (TPSA) is 123 Å². The summed E-state index contributed by atoms with van der Waals surface area (Å²) in [6.45, 7) is 1.30. The second-order valence-electron chi connectivity index (χ2n) is 11.4. The third kappa shape index (κ3) is 7.30. The second kappa shape index (κ2) is 14.4. The van der Waals surface area contributed by atoms with Gasteiger partial charge >= 0.3 is 0 Å². The maximum absolute atomic E-state index is 12.9. The lowest BCUT2D eigenvalue weighted by Crippen LogP contribution is -2.35. The van der Waals surface area contributed by atoms with Crippen LogP contribution in [0, 0.1) is 5.92 Å². The SMILES string of the molecule is COc1nc(-c2cccc(-c3cccc(-c4cnc(CN[C@@H]5C[C@@H]5C(F)F)c(OC)n4)c3Cl)c2Cl)cnc1CNC[C@@H]1CCC(=O)N1. The van der Waals surface area contributed by atoms with Crippen LogP contribution in [-0.2, 0) is 17.9 Å². The van der Waals surface area contributed by atoms with Crippen molar-refractivity contribution in [2.75, 3.05) is 20.8 Å². The number of halogens is 4. The monoisotopic (exact) mass is 683 g/mol. The lowest BCUT2D eigenvalue weighted by molar-refractivity contribution is -0.119. The van der Waals surface area contributed by atoms with Crippen LogP contribution in [0.1, 0.15) is 30.7 Å². The van der Waals surface area contributed by atoms with Gasteiger partial charge in [0.05, 0.1) is 48.0 Å². The fourth-order valence-corrected chi connectivity index (χ4v) is 6.30. The van der Waals surface area contributed by atoms with Crippen molar-refractivity contribution >= 4 is 29.1 Å². The molecule has 10 nitrogen and oxygen atoms in total. The van der Waals surface area contributed by atoms with Crippen LogP contribution in [-0.4, -0.2) is 65.1 Å². The number of nitrogens with zero attached hydrogens (tertiary/aromatic N) is 4. The highest BCUT2D eigenvalue weighted by molar-refractivity contribution is 6.39. The van der Waals surface area contributed by atoms with Crippen LogP contribution in [0.5, 0.6) is 11.8 Å². The van der Waals surface area contributed by atoms with Crippen molar-refractivity contribution in [3.8, 4) is 45.4 Å². The van der Waals surface area contributed by atoms with Gasteiger partial charge in [-0.1, -0.05) is 59.6 Å². The number of hydrogen-bond acceptors (Lipinski definition) is 9. The Bertz CT molecular complexity index is 1780. The van der Waals surface area contributed by atoms with Crippen molar-refractivity contribution in [1.29, 1.82) is 0 Å². The quantitative estimate of drug-likeness (QED) is 0.163. The zero-order chi connectivity index (χ0) is 33.1. The van der Waals surface area contributed by atoms with Crippen LogP contribution in [0.25, 0.3) is 33.6 Å². The lowest BCUT2D eigenvalue weighted by Gasteiger charge is -2.15. The molecule has 2 aliphatic rings. The summed E-state index contributed by atoms with van der Waals surface area (Å²) in [5.41, 5.74) is 4.77. The van der Waals surface area contributed by atoms with Crippen molar-refractivity contribution < 1.29 is 23.0 Å². The van der Waals surface area contributed by atoms with Gasteiger partial charge in [0.15, 0.2) is 0 Å². The van der Waals surface area contributed by atoms with Crippen molar-refractivity contribution in [1.82, 2.24) is 35.9 Å². The van der Waals surface area contributed by atoms with E-state index in [0.29, 0.717) is 86.9 Å². The van der Waals surface area contributed by atoms with Gasteiger partial charge in [-0.2, -0.15) is 0 Å². The molecule has 2 aromatic heterocycles. The molecule has 14 heteroatoms. The van der Waals surface area contributed by atoms with E-state index in [-0.39, 0.29) is 30.4 Å². The first-order valence-electron chi connectivity index (χ1n) is 15.2. The molecule has 3 atom stereocenters. The standard InChI is InChI=1S/C33H33Cl2F2N7O3/c1-46-32-26(13-38-12-17-9-10-28(45)42-17)40-14-24(43-32)20-7-3-5-18(29(20)34)19-6-4-8-21(30(19)35)25-15-41-27(33(44-25)47-2)16-39-23-11-22(23)31(36)37/h3-8,14-15,17,22-23,31,38-39H,9-13,16H2,1-2H3,(H,42,45)/t17-,22-,23+/m0/s1. The van der Waals surface area contributed by atoms with Crippen LogP contribution < -0.4 is 25.4 Å². The average Bonchev–Trinajstić information content (AvgIpc) is 3.76. The van der Waals surface area contributed by atoms with Gasteiger partial charge in [-0.05, 0) is 12.8 Å². The van der Waals surface area contributed by atoms with Crippen molar-refractivity contribution in [3.63, 3.8) is 0 Å². The molecule has 1 aliphatic carbocycles. The van der Waals surface area contributed by atoms with Crippen molar-refractivity contribution in [2.24, 2.45) is 5.92 Å². The number of alkyl halides is 2. The Morgan fingerprint density at radius 2 is 1.45 bits per heavy atom. The minimum absolute atomic E-state index is 0.0704. The van der Waals surface area contributed by atoms with E-state index in [9.17, 15) is 13.6 Å². The molecule has 47 heavy (non-hydrogen) atoms. The van der Waals surface area contributed by atoms with Crippen LogP contribution >= 0.6 is 23.2 Å². The van der Waals surface area contributed by atoms with Gasteiger partial charge in [0.2, 0.25) is 24.1 Å². The molecule has 1 saturated carbocycles. The van der Waals surface area contributed by atoms with Crippen molar-refractivity contribution in [2.45, 2.75) is 50.9 Å². The Hall–Kier alpha value is -3.97. The minimum atomic E-state index is -2.34. The maximum atomic E-state index is 12.9. The van der Waals surface area contributed by atoms with Crippen LogP contribution in [0.2, 0.25) is 10.0 Å². The Labute approximate surface area is 280 Å². The zero-order valence-corrected chi connectivity index (χ0v) is 27.2. The molecule has 2 fully saturated rings. The summed E-state index contributed by atoms with van der Waals surface area (Å²) >= 11 is 14.0. The van der Waals surface area contributed by atoms with E-state index in [1.54, 1.807) is 12.4 Å². The van der Waals surface area contributed by atoms with Gasteiger partial charge in [0.25, 0.3) is 0 Å². The summed E-state index contributed by atoms with van der Waals surface area (Å²) < 4.78 is 36.8. The highest BCUT2D eigenvalue weighted by atomic mass is 35.5. The number of hydrogen-bond donors (Lipinski definition) is 3. The third-order valence-electron chi connectivity index (χ3n) is 8.31. The lowest BCUT2D eigenvalue weighted by atomic mass is 9.98. The highest BCUT2D eigenvalue weighted by Gasteiger charge is 2.43. The average molecular weight is 685 g/mol. The number of carbonyl (C=O) groups excluding carboxylic acids is 1. The summed E-state index contributed by atoms with van der Waals surface area (Å²) in [5.74, 6) is 0.0852. The first kappa shape index (κ1) is 33.0. The minimum Gasteiger partial charge on any atom is -0.480 e. The van der Waals surface area contributed by atoms with Gasteiger partial charge in [-0.3, -0.25) is 14.8 Å². The molecule has 3 N–H and O–H groups in total. The fourth-order valence-electron chi connectivity index (χ4n) is 5.65. The van der Waals surface area contributed by atoms with E-state index >= 15 is 0 Å². The molecule has 0 spiro atoms. The number of carbonyl (C=O) groups is 1. The molecule has 246 valence electrons. The number of benzene rings is 2. The fraction of sp³-hybridized carbons (Fsp3) is 0.364. The van der Waals surface area contributed by atoms with Gasteiger partial charge in [-0.25, -0.2) is 18.7 Å². The number of amides is 1. The molecule has 3 heterocycles. The van der Waals surface area contributed by atoms with Crippen molar-refractivity contribution in [3.05, 3.63) is 70.2 Å². The highest BCUT2D eigenvalue weighted by Crippen LogP contribution is 2.42. The van der Waals surface area contributed by atoms with Gasteiger partial charge in [-0.15, -0.1) is 0 Å². The van der Waals surface area contributed by atoms with Gasteiger partial charge < -0.3 is 25.4 Å². The number of methoxy groups -OCH3 is 2. The van der Waals surface area contributed by atoms with Gasteiger partial charge in [0.1, 0.15) is 11.4 Å². The molecule has 0 radical (unpaired) electrons. The van der Waals surface area contributed by atoms with E-state index < -0.39 is 12.3 Å². The normalized spacial score (nSPS) is 18.8. The van der Waals surface area contributed by atoms with Crippen LogP contribution in [0.15, 0.2) is 48.8 Å². The first-order chi connectivity index (χ1) is 22.8.